The van der Waals surface area contributed by atoms with Gasteiger partial charge in [-0.15, -0.1) is 0 Å². The molecule has 0 amide bonds. The number of carbonyl (C=O) groups excluding carboxylic acids is 3. The largest absolute Gasteiger partial charge is 0.462 e. The van der Waals surface area contributed by atoms with E-state index in [1.807, 2.05) is 0 Å². The van der Waals surface area contributed by atoms with Crippen LogP contribution in [0.3, 0.4) is 0 Å². The van der Waals surface area contributed by atoms with Crippen LogP contribution in [-0.4, -0.2) is 37.2 Å². The molecule has 1 atom stereocenters. The maximum Gasteiger partial charge on any atom is 0.306 e. The summed E-state index contributed by atoms with van der Waals surface area (Å²) in [5, 5.41) is 0. The van der Waals surface area contributed by atoms with E-state index < -0.39 is 6.10 Å². The summed E-state index contributed by atoms with van der Waals surface area (Å²) >= 11 is 0. The molecule has 0 N–H and O–H groups in total. The second kappa shape index (κ2) is 55.4. The quantitative estimate of drug-likeness (QED) is 0.0262. The zero-order chi connectivity index (χ0) is 49.3. The van der Waals surface area contributed by atoms with Crippen LogP contribution in [0.25, 0.3) is 0 Å². The van der Waals surface area contributed by atoms with Crippen molar-refractivity contribution >= 4 is 17.9 Å². The first-order valence-corrected chi connectivity index (χ1v) is 27.5. The molecule has 0 aromatic heterocycles. The summed E-state index contributed by atoms with van der Waals surface area (Å²) in [6.07, 6.45) is 76.2. The number of esters is 3. The molecule has 68 heavy (non-hydrogen) atoms. The number of unbranched alkanes of at least 4 members (excludes halogenated alkanes) is 17. The van der Waals surface area contributed by atoms with Crippen LogP contribution in [0.5, 0.6) is 0 Å². The maximum absolute atomic E-state index is 12.8. The van der Waals surface area contributed by atoms with Gasteiger partial charge >= 0.3 is 17.9 Å². The van der Waals surface area contributed by atoms with Crippen molar-refractivity contribution in [2.24, 2.45) is 0 Å². The van der Waals surface area contributed by atoms with Gasteiger partial charge in [0.05, 0.1) is 0 Å². The minimum atomic E-state index is -0.811. The van der Waals surface area contributed by atoms with Crippen molar-refractivity contribution in [1.29, 1.82) is 0 Å². The highest BCUT2D eigenvalue weighted by atomic mass is 16.6. The summed E-state index contributed by atoms with van der Waals surface area (Å²) in [6, 6.07) is 0. The van der Waals surface area contributed by atoms with Gasteiger partial charge in [0.25, 0.3) is 0 Å². The molecule has 0 heterocycles. The molecule has 0 aromatic rings. The van der Waals surface area contributed by atoms with E-state index in [0.29, 0.717) is 19.3 Å². The lowest BCUT2D eigenvalue weighted by molar-refractivity contribution is -0.167. The lowest BCUT2D eigenvalue weighted by atomic mass is 10.1. The summed E-state index contributed by atoms with van der Waals surface area (Å²) in [7, 11) is 0. The van der Waals surface area contributed by atoms with E-state index in [1.54, 1.807) is 0 Å². The zero-order valence-electron chi connectivity index (χ0n) is 43.8. The molecule has 0 bridgehead atoms. The number of hydrogen-bond acceptors (Lipinski definition) is 6. The van der Waals surface area contributed by atoms with Crippen molar-refractivity contribution in [3.8, 4) is 0 Å². The molecular formula is C62H100O6. The van der Waals surface area contributed by atoms with Crippen molar-refractivity contribution in [1.82, 2.24) is 0 Å². The first-order valence-electron chi connectivity index (χ1n) is 27.5. The van der Waals surface area contributed by atoms with E-state index in [2.05, 4.69) is 142 Å². The number of rotatable bonds is 48. The third kappa shape index (κ3) is 52.8. The Morgan fingerprint density at radius 2 is 0.574 bits per heavy atom. The summed E-state index contributed by atoms with van der Waals surface area (Å²) < 4.78 is 16.8. The van der Waals surface area contributed by atoms with Gasteiger partial charge in [-0.05, 0) is 128 Å². The van der Waals surface area contributed by atoms with Gasteiger partial charge < -0.3 is 14.2 Å². The number of carbonyl (C=O) groups is 3. The van der Waals surface area contributed by atoms with Crippen LogP contribution in [0, 0.1) is 0 Å². The van der Waals surface area contributed by atoms with Gasteiger partial charge in [-0.1, -0.05) is 206 Å². The molecule has 0 rings (SSSR count). The Hall–Kier alpha value is -4.19. The van der Waals surface area contributed by atoms with Gasteiger partial charge in [-0.3, -0.25) is 14.4 Å². The number of hydrogen-bond donors (Lipinski definition) is 0. The Labute approximate surface area is 418 Å². The van der Waals surface area contributed by atoms with Crippen molar-refractivity contribution < 1.29 is 28.6 Å². The third-order valence-electron chi connectivity index (χ3n) is 11.2. The molecule has 0 saturated carbocycles. The summed E-state index contributed by atoms with van der Waals surface area (Å²) in [6.45, 7) is 6.32. The fraction of sp³-hybridized carbons (Fsp3) is 0.629. The van der Waals surface area contributed by atoms with Crippen LogP contribution >= 0.6 is 0 Å². The number of ether oxygens (including phenoxy) is 3. The molecule has 0 spiro atoms. The van der Waals surface area contributed by atoms with Gasteiger partial charge in [0.1, 0.15) is 13.2 Å². The first kappa shape index (κ1) is 63.8. The van der Waals surface area contributed by atoms with E-state index in [0.717, 1.165) is 128 Å². The van der Waals surface area contributed by atoms with Crippen LogP contribution < -0.4 is 0 Å². The van der Waals surface area contributed by atoms with Crippen molar-refractivity contribution in [3.05, 3.63) is 122 Å². The molecule has 0 fully saturated rings. The monoisotopic (exact) mass is 941 g/mol. The average molecular weight is 941 g/mol. The van der Waals surface area contributed by atoms with Crippen LogP contribution in [0.1, 0.15) is 233 Å². The molecule has 6 nitrogen and oxygen atoms in total. The minimum Gasteiger partial charge on any atom is -0.462 e. The van der Waals surface area contributed by atoms with Crippen molar-refractivity contribution in [2.75, 3.05) is 13.2 Å². The molecule has 384 valence electrons. The van der Waals surface area contributed by atoms with Gasteiger partial charge in [0.2, 0.25) is 0 Å². The van der Waals surface area contributed by atoms with Crippen LogP contribution in [-0.2, 0) is 28.6 Å². The Morgan fingerprint density at radius 3 is 0.941 bits per heavy atom. The predicted molar refractivity (Wildman–Crippen MR) is 293 cm³/mol. The second-order valence-electron chi connectivity index (χ2n) is 17.7. The standard InChI is InChI=1S/C62H100O6/c1-4-7-10-13-16-19-22-25-27-28-29-30-31-32-33-34-36-37-40-43-46-49-52-55-61(64)67-58-59(57-66-60(63)54-51-48-45-42-39-24-21-18-15-12-9-6-3)68-62(65)56-53-50-47-44-41-38-35-26-23-20-17-14-11-8-5-2/h7-8,10-11,16-21,25-27,29-30,32-33,35,41,44,59H,4-6,9,12-15,22-24,28,31,34,36-40,42-43,45-58H2,1-3H3/b10-7-,11-8-,19-16-,20-17-,21-18-,27-25-,30-29-,33-32-,35-26-,44-41-. The molecule has 0 aromatic carbocycles. The van der Waals surface area contributed by atoms with Crippen LogP contribution in [0.4, 0.5) is 0 Å². The van der Waals surface area contributed by atoms with Crippen molar-refractivity contribution in [2.45, 2.75) is 239 Å². The minimum absolute atomic E-state index is 0.106. The Balaban J connectivity index is 4.43. The van der Waals surface area contributed by atoms with Crippen LogP contribution in [0.15, 0.2) is 122 Å². The molecule has 6 heteroatoms. The highest BCUT2D eigenvalue weighted by molar-refractivity contribution is 5.71. The van der Waals surface area contributed by atoms with Gasteiger partial charge in [0, 0.05) is 19.3 Å². The smallest absolute Gasteiger partial charge is 0.306 e. The lowest BCUT2D eigenvalue weighted by Gasteiger charge is -2.18. The maximum atomic E-state index is 12.8. The fourth-order valence-corrected chi connectivity index (χ4v) is 7.10. The van der Waals surface area contributed by atoms with E-state index in [1.165, 1.54) is 57.8 Å². The summed E-state index contributed by atoms with van der Waals surface area (Å²) in [5.74, 6) is -0.972. The first-order chi connectivity index (χ1) is 33.5. The molecule has 0 aliphatic heterocycles. The molecule has 0 radical (unpaired) electrons. The highest BCUT2D eigenvalue weighted by Gasteiger charge is 2.19. The fourth-order valence-electron chi connectivity index (χ4n) is 7.10. The molecule has 0 aliphatic carbocycles. The zero-order valence-corrected chi connectivity index (χ0v) is 43.8. The normalized spacial score (nSPS) is 13.0. The Kier molecular flexibility index (Phi) is 52.0. The predicted octanol–water partition coefficient (Wildman–Crippen LogP) is 18.5. The van der Waals surface area contributed by atoms with Crippen molar-refractivity contribution in [3.63, 3.8) is 0 Å². The van der Waals surface area contributed by atoms with E-state index in [-0.39, 0.29) is 37.5 Å². The second-order valence-corrected chi connectivity index (χ2v) is 17.7. The SMILES string of the molecule is CC/C=C\C/C=C\C/C=C\C/C=C\C/C=C\CCCCCCCCCC(=O)OCC(COC(=O)CCCCCCC/C=C\CCCCC)OC(=O)CCCC/C=C\C/C=C\C/C=C\C/C=C\CC. The highest BCUT2D eigenvalue weighted by Crippen LogP contribution is 2.13. The van der Waals surface area contributed by atoms with E-state index in [4.69, 9.17) is 14.2 Å². The van der Waals surface area contributed by atoms with Gasteiger partial charge in [-0.2, -0.15) is 0 Å². The molecule has 1 unspecified atom stereocenters. The van der Waals surface area contributed by atoms with E-state index in [9.17, 15) is 14.4 Å². The topological polar surface area (TPSA) is 78.9 Å². The van der Waals surface area contributed by atoms with Gasteiger partial charge in [0.15, 0.2) is 6.10 Å². The lowest BCUT2D eigenvalue weighted by Crippen LogP contribution is -2.30. The Bertz CT molecular complexity index is 1450. The van der Waals surface area contributed by atoms with Crippen LogP contribution in [0.2, 0.25) is 0 Å². The molecule has 0 saturated heterocycles. The molecular weight excluding hydrogens is 841 g/mol. The summed E-state index contributed by atoms with van der Waals surface area (Å²) in [4.78, 5) is 38.1. The van der Waals surface area contributed by atoms with Gasteiger partial charge in [-0.25, -0.2) is 0 Å². The van der Waals surface area contributed by atoms with E-state index >= 15 is 0 Å². The third-order valence-corrected chi connectivity index (χ3v) is 11.2. The summed E-state index contributed by atoms with van der Waals surface area (Å²) in [5.41, 5.74) is 0. The average Bonchev–Trinajstić information content (AvgIpc) is 3.34. The Morgan fingerprint density at radius 1 is 0.309 bits per heavy atom. The molecule has 0 aliphatic rings. The number of allylic oxidation sites excluding steroid dienone is 20.